The molecule has 1 aromatic rings. The summed E-state index contributed by atoms with van der Waals surface area (Å²) >= 11 is 1.15. The van der Waals surface area contributed by atoms with E-state index in [1.165, 1.54) is 7.05 Å². The predicted octanol–water partition coefficient (Wildman–Crippen LogP) is 3.50. The van der Waals surface area contributed by atoms with Crippen molar-refractivity contribution in [2.24, 2.45) is 12.2 Å². The van der Waals surface area contributed by atoms with Crippen LogP contribution in [0.3, 0.4) is 0 Å². The quantitative estimate of drug-likeness (QED) is 0.909. The van der Waals surface area contributed by atoms with Crippen molar-refractivity contribution in [3.8, 4) is 5.88 Å². The maximum absolute atomic E-state index is 12.9. The van der Waals surface area contributed by atoms with Crippen molar-refractivity contribution < 1.29 is 23.1 Å². The number of aromatic hydroxyl groups is 1. The molecule has 0 aromatic carbocycles. The Kier molecular flexibility index (Phi) is 3.70. The molecule has 1 aliphatic heterocycles. The molecule has 2 rings (SSSR count). The van der Waals surface area contributed by atoms with E-state index in [0.29, 0.717) is 11.5 Å². The molecular weight excluding hydrogens is 293 g/mol. The van der Waals surface area contributed by atoms with Gasteiger partial charge >= 0.3 is 6.18 Å². The van der Waals surface area contributed by atoms with Crippen molar-refractivity contribution in [3.63, 3.8) is 0 Å². The minimum Gasteiger partial charge on any atom is -0.494 e. The molecule has 0 aliphatic carbocycles. The van der Waals surface area contributed by atoms with Gasteiger partial charge in [0.25, 0.3) is 0 Å². The van der Waals surface area contributed by atoms with Gasteiger partial charge in [-0.25, -0.2) is 0 Å². The predicted molar refractivity (Wildman–Crippen MR) is 70.6 cm³/mol. The largest absolute Gasteiger partial charge is 0.494 e. The molecule has 0 radical (unpaired) electrons. The Morgan fingerprint density at radius 3 is 2.65 bits per heavy atom. The highest BCUT2D eigenvalue weighted by Crippen LogP contribution is 2.39. The minimum atomic E-state index is -4.48. The summed E-state index contributed by atoms with van der Waals surface area (Å²) in [6.07, 6.45) is -3.05. The van der Waals surface area contributed by atoms with Crippen LogP contribution in [0.4, 0.5) is 13.2 Å². The Labute approximate surface area is 118 Å². The number of aryl methyl sites for hydroxylation is 1. The molecule has 0 saturated heterocycles. The molecule has 20 heavy (non-hydrogen) atoms. The van der Waals surface area contributed by atoms with E-state index in [2.05, 4.69) is 5.16 Å². The Morgan fingerprint density at radius 1 is 1.50 bits per heavy atom. The fraction of sp³-hybridized carbons (Fsp3) is 0.583. The van der Waals surface area contributed by atoms with Crippen LogP contribution in [0.25, 0.3) is 0 Å². The van der Waals surface area contributed by atoms with E-state index in [4.69, 9.17) is 4.84 Å². The molecule has 1 aliphatic rings. The van der Waals surface area contributed by atoms with Gasteiger partial charge in [0.05, 0.1) is 5.56 Å². The Hall–Kier alpha value is -1.31. The van der Waals surface area contributed by atoms with Gasteiger partial charge in [0.1, 0.15) is 10.6 Å². The van der Waals surface area contributed by atoms with Gasteiger partial charge in [-0.2, -0.15) is 13.2 Å². The molecular formula is C12H15F3N2O2S. The van der Waals surface area contributed by atoms with Crippen molar-refractivity contribution in [1.29, 1.82) is 0 Å². The summed E-state index contributed by atoms with van der Waals surface area (Å²) in [4.78, 5) is 5.15. The molecule has 4 nitrogen and oxygen atoms in total. The maximum atomic E-state index is 12.9. The van der Waals surface area contributed by atoms with E-state index < -0.39 is 17.3 Å². The monoisotopic (exact) mass is 308 g/mol. The number of thioether (sulfide) groups is 1. The molecule has 0 saturated carbocycles. The van der Waals surface area contributed by atoms with E-state index >= 15 is 0 Å². The van der Waals surface area contributed by atoms with Crippen molar-refractivity contribution in [1.82, 2.24) is 4.57 Å². The lowest BCUT2D eigenvalue weighted by Crippen LogP contribution is -2.18. The van der Waals surface area contributed by atoms with Crippen LogP contribution in [-0.2, 0) is 23.8 Å². The van der Waals surface area contributed by atoms with Gasteiger partial charge in [-0.05, 0) is 13.8 Å². The number of hydrogen-bond donors (Lipinski definition) is 1. The Bertz CT molecular complexity index is 550. The Balaban J connectivity index is 2.14. The molecule has 2 heterocycles. The average Bonchev–Trinajstić information content (AvgIpc) is 2.78. The van der Waals surface area contributed by atoms with Crippen molar-refractivity contribution in [2.45, 2.75) is 37.8 Å². The first-order valence-electron chi connectivity index (χ1n) is 5.92. The highest BCUT2D eigenvalue weighted by molar-refractivity contribution is 8.13. The van der Waals surface area contributed by atoms with E-state index in [9.17, 15) is 18.3 Å². The molecule has 0 unspecified atom stereocenters. The van der Waals surface area contributed by atoms with E-state index in [-0.39, 0.29) is 17.2 Å². The highest BCUT2D eigenvalue weighted by Gasteiger charge is 2.37. The third-order valence-corrected chi connectivity index (χ3v) is 3.90. The number of nitrogens with zero attached hydrogens (tertiary/aromatic N) is 2. The Morgan fingerprint density at radius 2 is 2.15 bits per heavy atom. The topological polar surface area (TPSA) is 46.8 Å². The summed E-state index contributed by atoms with van der Waals surface area (Å²) in [5.41, 5.74) is -1.37. The standard InChI is InChI=1S/C12H15F3N2O2S/c1-11(2)4-9(16-19-11)20-6-7-8(12(13,14)15)5-17(3)10(7)18/h5,18H,4,6H2,1-3H3. The third kappa shape index (κ3) is 3.05. The average molecular weight is 308 g/mol. The van der Waals surface area contributed by atoms with E-state index in [1.807, 2.05) is 13.8 Å². The zero-order valence-electron chi connectivity index (χ0n) is 11.3. The molecule has 112 valence electrons. The molecule has 0 spiro atoms. The van der Waals surface area contributed by atoms with E-state index in [0.717, 1.165) is 22.5 Å². The summed E-state index contributed by atoms with van der Waals surface area (Å²) in [5, 5.41) is 14.2. The van der Waals surface area contributed by atoms with Crippen LogP contribution in [0.2, 0.25) is 0 Å². The lowest BCUT2D eigenvalue weighted by atomic mass is 10.1. The summed E-state index contributed by atoms with van der Waals surface area (Å²) in [7, 11) is 1.37. The normalized spacial score (nSPS) is 18.0. The first-order valence-corrected chi connectivity index (χ1v) is 6.91. The van der Waals surface area contributed by atoms with Gasteiger partial charge in [0, 0.05) is 31.0 Å². The van der Waals surface area contributed by atoms with Crippen LogP contribution in [0.1, 0.15) is 31.4 Å². The van der Waals surface area contributed by atoms with Crippen molar-refractivity contribution in [2.75, 3.05) is 0 Å². The van der Waals surface area contributed by atoms with Gasteiger partial charge in [0.15, 0.2) is 5.88 Å². The van der Waals surface area contributed by atoms with Gasteiger partial charge in [-0.3, -0.25) is 0 Å². The SMILES string of the molecule is Cn1cc(C(F)(F)F)c(CSC2=NOC(C)(C)C2)c1O. The summed E-state index contributed by atoms with van der Waals surface area (Å²) < 4.78 is 39.7. The summed E-state index contributed by atoms with van der Waals surface area (Å²) in [6.45, 7) is 3.70. The van der Waals surface area contributed by atoms with Gasteiger partial charge < -0.3 is 14.5 Å². The second-order valence-corrected chi connectivity index (χ2v) is 6.30. The first-order chi connectivity index (χ1) is 9.10. The second kappa shape index (κ2) is 4.91. The number of hydrogen-bond acceptors (Lipinski definition) is 4. The van der Waals surface area contributed by atoms with Crippen molar-refractivity contribution >= 4 is 16.8 Å². The molecule has 1 aromatic heterocycles. The van der Waals surface area contributed by atoms with E-state index in [1.54, 1.807) is 0 Å². The maximum Gasteiger partial charge on any atom is 0.418 e. The fourth-order valence-electron chi connectivity index (χ4n) is 1.89. The summed E-state index contributed by atoms with van der Waals surface area (Å²) in [6, 6.07) is 0. The molecule has 0 fully saturated rings. The molecule has 0 atom stereocenters. The zero-order chi connectivity index (χ0) is 15.1. The van der Waals surface area contributed by atoms with Gasteiger partial charge in [0.2, 0.25) is 0 Å². The minimum absolute atomic E-state index is 0.000208. The zero-order valence-corrected chi connectivity index (χ0v) is 12.1. The van der Waals surface area contributed by atoms with Crippen LogP contribution in [0, 0.1) is 0 Å². The molecule has 1 N–H and O–H groups in total. The van der Waals surface area contributed by atoms with Crippen LogP contribution < -0.4 is 0 Å². The molecule has 0 amide bonds. The molecule has 8 heteroatoms. The number of oxime groups is 1. The third-order valence-electron chi connectivity index (χ3n) is 2.91. The highest BCUT2D eigenvalue weighted by atomic mass is 32.2. The lowest BCUT2D eigenvalue weighted by molar-refractivity contribution is -0.138. The number of alkyl halides is 3. The van der Waals surface area contributed by atoms with Gasteiger partial charge in [-0.15, -0.1) is 11.8 Å². The fourth-order valence-corrected chi connectivity index (χ4v) is 3.02. The number of halogens is 3. The molecule has 0 bridgehead atoms. The summed E-state index contributed by atoms with van der Waals surface area (Å²) in [5.74, 6) is -0.372. The lowest BCUT2D eigenvalue weighted by Gasteiger charge is -2.13. The van der Waals surface area contributed by atoms with Gasteiger partial charge in [-0.1, -0.05) is 5.16 Å². The smallest absolute Gasteiger partial charge is 0.418 e. The van der Waals surface area contributed by atoms with Crippen LogP contribution in [0.5, 0.6) is 5.88 Å². The number of rotatable bonds is 2. The van der Waals surface area contributed by atoms with Crippen LogP contribution in [0.15, 0.2) is 11.4 Å². The van der Waals surface area contributed by atoms with Crippen LogP contribution >= 0.6 is 11.8 Å². The van der Waals surface area contributed by atoms with Crippen molar-refractivity contribution in [3.05, 3.63) is 17.3 Å². The number of aromatic nitrogens is 1. The second-order valence-electron chi connectivity index (χ2n) is 5.26. The first kappa shape index (κ1) is 15.1. The van der Waals surface area contributed by atoms with Crippen LogP contribution in [-0.4, -0.2) is 20.3 Å².